The van der Waals surface area contributed by atoms with Gasteiger partial charge in [0, 0.05) is 21.4 Å². The SMILES string of the molecule is Cc1cccc(-n2c(SCC(=O)Nc3ccc(Br)cc3)nnc2-c2ccccc2)c1. The molecule has 1 amide bonds. The molecule has 0 spiro atoms. The smallest absolute Gasteiger partial charge is 0.234 e. The molecule has 7 heteroatoms. The van der Waals surface area contributed by atoms with Gasteiger partial charge >= 0.3 is 0 Å². The molecule has 0 bridgehead atoms. The highest BCUT2D eigenvalue weighted by Gasteiger charge is 2.17. The van der Waals surface area contributed by atoms with Gasteiger partial charge in [-0.3, -0.25) is 9.36 Å². The maximum Gasteiger partial charge on any atom is 0.234 e. The van der Waals surface area contributed by atoms with E-state index < -0.39 is 0 Å². The van der Waals surface area contributed by atoms with Crippen LogP contribution in [-0.4, -0.2) is 26.4 Å². The largest absolute Gasteiger partial charge is 0.325 e. The number of halogens is 1. The molecule has 0 saturated carbocycles. The van der Waals surface area contributed by atoms with E-state index >= 15 is 0 Å². The predicted octanol–water partition coefficient (Wildman–Crippen LogP) is 5.74. The molecule has 0 aliphatic carbocycles. The van der Waals surface area contributed by atoms with Crippen LogP contribution in [0.5, 0.6) is 0 Å². The van der Waals surface area contributed by atoms with E-state index in [2.05, 4.69) is 50.5 Å². The van der Waals surface area contributed by atoms with Gasteiger partial charge in [0.2, 0.25) is 5.91 Å². The first-order valence-electron chi connectivity index (χ1n) is 9.36. The second kappa shape index (κ2) is 9.28. The lowest BCUT2D eigenvalue weighted by Crippen LogP contribution is -2.14. The number of thioether (sulfide) groups is 1. The van der Waals surface area contributed by atoms with Gasteiger partial charge in [-0.15, -0.1) is 10.2 Å². The fourth-order valence-corrected chi connectivity index (χ4v) is 4.01. The Morgan fingerprint density at radius 1 is 1.00 bits per heavy atom. The zero-order valence-corrected chi connectivity index (χ0v) is 18.7. The van der Waals surface area contributed by atoms with Crippen molar-refractivity contribution >= 4 is 39.3 Å². The first kappa shape index (κ1) is 20.4. The second-order valence-corrected chi connectivity index (χ2v) is 8.55. The number of hydrogen-bond donors (Lipinski definition) is 1. The number of nitrogens with zero attached hydrogens (tertiary/aromatic N) is 3. The lowest BCUT2D eigenvalue weighted by atomic mass is 10.2. The highest BCUT2D eigenvalue weighted by molar-refractivity contribution is 9.10. The minimum atomic E-state index is -0.0950. The van der Waals surface area contributed by atoms with Gasteiger partial charge in [-0.2, -0.15) is 0 Å². The summed E-state index contributed by atoms with van der Waals surface area (Å²) in [6.45, 7) is 2.05. The molecule has 5 nitrogen and oxygen atoms in total. The number of rotatable bonds is 6. The van der Waals surface area contributed by atoms with Crippen LogP contribution in [0.25, 0.3) is 17.1 Å². The Kier molecular flexibility index (Phi) is 6.30. The average Bonchev–Trinajstić information content (AvgIpc) is 3.19. The Balaban J connectivity index is 1.59. The van der Waals surface area contributed by atoms with Gasteiger partial charge < -0.3 is 5.32 Å². The highest BCUT2D eigenvalue weighted by Crippen LogP contribution is 2.28. The van der Waals surface area contributed by atoms with Gasteiger partial charge in [-0.1, -0.05) is 70.2 Å². The molecular weight excluding hydrogens is 460 g/mol. The third kappa shape index (κ3) is 4.80. The summed E-state index contributed by atoms with van der Waals surface area (Å²) < 4.78 is 2.97. The number of hydrogen-bond acceptors (Lipinski definition) is 4. The molecule has 1 aromatic heterocycles. The first-order valence-corrected chi connectivity index (χ1v) is 11.1. The van der Waals surface area contributed by atoms with Crippen LogP contribution >= 0.6 is 27.7 Å². The fourth-order valence-electron chi connectivity index (χ4n) is 3.00. The highest BCUT2D eigenvalue weighted by atomic mass is 79.9. The maximum absolute atomic E-state index is 12.4. The van der Waals surface area contributed by atoms with E-state index in [4.69, 9.17) is 0 Å². The molecule has 0 atom stereocenters. The Bertz CT molecular complexity index is 1160. The number of carbonyl (C=O) groups excluding carboxylic acids is 1. The quantitative estimate of drug-likeness (QED) is 0.359. The Morgan fingerprint density at radius 2 is 1.77 bits per heavy atom. The van der Waals surface area contributed by atoms with Crippen molar-refractivity contribution in [1.29, 1.82) is 0 Å². The molecule has 0 aliphatic heterocycles. The summed E-state index contributed by atoms with van der Waals surface area (Å²) in [6, 6.07) is 25.6. The van der Waals surface area contributed by atoms with Crippen molar-refractivity contribution in [2.24, 2.45) is 0 Å². The zero-order valence-electron chi connectivity index (χ0n) is 16.2. The van der Waals surface area contributed by atoms with Crippen LogP contribution in [0.3, 0.4) is 0 Å². The van der Waals surface area contributed by atoms with E-state index in [1.165, 1.54) is 11.8 Å². The summed E-state index contributed by atoms with van der Waals surface area (Å²) in [5.41, 5.74) is 3.84. The van der Waals surface area contributed by atoms with Crippen molar-refractivity contribution in [3.05, 3.63) is 88.9 Å². The predicted molar refractivity (Wildman–Crippen MR) is 125 cm³/mol. The first-order chi connectivity index (χ1) is 14.6. The number of amides is 1. The number of anilines is 1. The Morgan fingerprint density at radius 3 is 2.50 bits per heavy atom. The molecule has 4 rings (SSSR count). The summed E-state index contributed by atoms with van der Waals surface area (Å²) in [5.74, 6) is 0.883. The lowest BCUT2D eigenvalue weighted by molar-refractivity contribution is -0.113. The number of aryl methyl sites for hydroxylation is 1. The maximum atomic E-state index is 12.4. The van der Waals surface area contributed by atoms with E-state index in [0.29, 0.717) is 5.16 Å². The van der Waals surface area contributed by atoms with Gasteiger partial charge in [0.15, 0.2) is 11.0 Å². The molecule has 1 heterocycles. The van der Waals surface area contributed by atoms with Gasteiger partial charge in [0.1, 0.15) is 0 Å². The molecular formula is C23H19BrN4OS. The fraction of sp³-hybridized carbons (Fsp3) is 0.0870. The number of aromatic nitrogens is 3. The second-order valence-electron chi connectivity index (χ2n) is 6.69. The third-order valence-corrected chi connectivity index (χ3v) is 5.84. The molecule has 3 aromatic carbocycles. The van der Waals surface area contributed by atoms with Crippen LogP contribution in [0.1, 0.15) is 5.56 Å². The zero-order chi connectivity index (χ0) is 20.9. The van der Waals surface area contributed by atoms with Gasteiger partial charge in [0.25, 0.3) is 0 Å². The van der Waals surface area contributed by atoms with Crippen molar-refractivity contribution in [1.82, 2.24) is 14.8 Å². The van der Waals surface area contributed by atoms with Crippen molar-refractivity contribution < 1.29 is 4.79 Å². The average molecular weight is 479 g/mol. The van der Waals surface area contributed by atoms with E-state index in [-0.39, 0.29) is 11.7 Å². The van der Waals surface area contributed by atoms with Crippen LogP contribution in [0.2, 0.25) is 0 Å². The van der Waals surface area contributed by atoms with E-state index in [0.717, 1.165) is 32.8 Å². The van der Waals surface area contributed by atoms with Gasteiger partial charge in [-0.25, -0.2) is 0 Å². The summed E-state index contributed by atoms with van der Waals surface area (Å²) in [7, 11) is 0. The van der Waals surface area contributed by atoms with Crippen molar-refractivity contribution in [3.8, 4) is 17.1 Å². The van der Waals surface area contributed by atoms with Crippen molar-refractivity contribution in [2.75, 3.05) is 11.1 Å². The summed E-state index contributed by atoms with van der Waals surface area (Å²) in [4.78, 5) is 12.4. The molecule has 0 radical (unpaired) electrons. The van der Waals surface area contributed by atoms with Gasteiger partial charge in [-0.05, 0) is 48.9 Å². The van der Waals surface area contributed by atoms with E-state index in [1.54, 1.807) is 0 Å². The summed E-state index contributed by atoms with van der Waals surface area (Å²) in [6.07, 6.45) is 0. The summed E-state index contributed by atoms with van der Waals surface area (Å²) >= 11 is 4.76. The van der Waals surface area contributed by atoms with E-state index in [9.17, 15) is 4.79 Å². The number of nitrogens with one attached hydrogen (secondary N) is 1. The standard InChI is InChI=1S/C23H19BrN4OS/c1-16-6-5-9-20(14-16)28-22(17-7-3-2-4-8-17)26-27-23(28)30-15-21(29)25-19-12-10-18(24)11-13-19/h2-14H,15H2,1H3,(H,25,29). The van der Waals surface area contributed by atoms with Gasteiger partial charge in [0.05, 0.1) is 5.75 Å². The van der Waals surface area contributed by atoms with Crippen LogP contribution < -0.4 is 5.32 Å². The van der Waals surface area contributed by atoms with Crippen molar-refractivity contribution in [2.45, 2.75) is 12.1 Å². The molecule has 4 aromatic rings. The Labute approximate surface area is 187 Å². The molecule has 1 N–H and O–H groups in total. The molecule has 150 valence electrons. The summed E-state index contributed by atoms with van der Waals surface area (Å²) in [5, 5.41) is 12.4. The van der Waals surface area contributed by atoms with Crippen LogP contribution in [0.4, 0.5) is 5.69 Å². The Hall–Kier alpha value is -2.90. The lowest BCUT2D eigenvalue weighted by Gasteiger charge is -2.11. The molecule has 0 aliphatic rings. The normalized spacial score (nSPS) is 10.7. The van der Waals surface area contributed by atoms with Crippen LogP contribution in [0.15, 0.2) is 88.5 Å². The molecule has 0 saturated heterocycles. The van der Waals surface area contributed by atoms with Crippen LogP contribution in [-0.2, 0) is 4.79 Å². The van der Waals surface area contributed by atoms with E-state index in [1.807, 2.05) is 71.3 Å². The topological polar surface area (TPSA) is 59.8 Å². The molecule has 0 fully saturated rings. The number of carbonyl (C=O) groups is 1. The van der Waals surface area contributed by atoms with Crippen LogP contribution in [0, 0.1) is 6.92 Å². The molecule has 30 heavy (non-hydrogen) atoms. The van der Waals surface area contributed by atoms with Crippen molar-refractivity contribution in [3.63, 3.8) is 0 Å². The minimum Gasteiger partial charge on any atom is -0.325 e. The third-order valence-electron chi connectivity index (χ3n) is 4.39. The monoisotopic (exact) mass is 478 g/mol. The minimum absolute atomic E-state index is 0.0950. The number of benzene rings is 3. The molecule has 0 unspecified atom stereocenters.